The van der Waals surface area contributed by atoms with Gasteiger partial charge < -0.3 is 5.32 Å². The molecule has 0 spiro atoms. The number of hydroxylamine groups is 2. The molecule has 0 aliphatic heterocycles. The van der Waals surface area contributed by atoms with Gasteiger partial charge in [-0.3, -0.25) is 4.84 Å². The molecule has 0 saturated heterocycles. The average molecular weight is 271 g/mol. The van der Waals surface area contributed by atoms with Crippen molar-refractivity contribution in [2.24, 2.45) is 0 Å². The van der Waals surface area contributed by atoms with Crippen LogP contribution >= 0.6 is 11.6 Å². The molecule has 18 heavy (non-hydrogen) atoms. The first-order chi connectivity index (χ1) is 8.54. The Hall–Kier alpha value is -1.26. The molecule has 0 heterocycles. The molecule has 0 aliphatic carbocycles. The molecule has 100 valence electrons. The van der Waals surface area contributed by atoms with Crippen molar-refractivity contribution in [2.45, 2.75) is 26.7 Å². The number of rotatable bonds is 5. The Morgan fingerprint density at radius 2 is 2.22 bits per heavy atom. The lowest BCUT2D eigenvalue weighted by molar-refractivity contribution is -0.0948. The van der Waals surface area contributed by atoms with E-state index in [4.69, 9.17) is 16.4 Å². The van der Waals surface area contributed by atoms with E-state index in [9.17, 15) is 4.79 Å². The summed E-state index contributed by atoms with van der Waals surface area (Å²) in [5, 5.41) is 4.54. The zero-order valence-corrected chi connectivity index (χ0v) is 11.8. The van der Waals surface area contributed by atoms with E-state index < -0.39 is 0 Å². The van der Waals surface area contributed by atoms with Crippen molar-refractivity contribution in [1.29, 1.82) is 0 Å². The highest BCUT2D eigenvalue weighted by atomic mass is 35.5. The Labute approximate surface area is 113 Å². The van der Waals surface area contributed by atoms with E-state index in [-0.39, 0.29) is 6.03 Å². The summed E-state index contributed by atoms with van der Waals surface area (Å²) in [4.78, 5) is 17.0. The van der Waals surface area contributed by atoms with Crippen LogP contribution in [0, 0.1) is 6.92 Å². The molecule has 0 atom stereocenters. The lowest BCUT2D eigenvalue weighted by Gasteiger charge is -2.17. The standard InChI is InChI=1S/C13H19ClN2O2/c1-4-5-8-18-16(3)13(17)15-11-7-6-10(2)12(14)9-11/h6-7,9H,4-5,8H2,1-3H3,(H,15,17). The topological polar surface area (TPSA) is 41.6 Å². The van der Waals surface area contributed by atoms with Crippen molar-refractivity contribution in [3.05, 3.63) is 28.8 Å². The Balaban J connectivity index is 2.50. The first-order valence-corrected chi connectivity index (χ1v) is 6.36. The van der Waals surface area contributed by atoms with Crippen LogP contribution in [0.5, 0.6) is 0 Å². The minimum atomic E-state index is -0.314. The second kappa shape index (κ2) is 7.24. The molecule has 1 aromatic carbocycles. The first-order valence-electron chi connectivity index (χ1n) is 5.98. The summed E-state index contributed by atoms with van der Waals surface area (Å²) in [5.41, 5.74) is 1.63. The van der Waals surface area contributed by atoms with Crippen molar-refractivity contribution in [3.8, 4) is 0 Å². The molecule has 0 unspecified atom stereocenters. The van der Waals surface area contributed by atoms with Gasteiger partial charge in [-0.15, -0.1) is 0 Å². The number of halogens is 1. The van der Waals surface area contributed by atoms with Gasteiger partial charge in [0, 0.05) is 17.8 Å². The molecule has 0 bridgehead atoms. The number of benzene rings is 1. The molecule has 0 aliphatic rings. The van der Waals surface area contributed by atoms with E-state index in [2.05, 4.69) is 12.2 Å². The molecule has 0 fully saturated rings. The number of nitrogens with zero attached hydrogens (tertiary/aromatic N) is 1. The number of carbonyl (C=O) groups excluding carboxylic acids is 1. The van der Waals surface area contributed by atoms with Gasteiger partial charge in [-0.25, -0.2) is 9.86 Å². The first kappa shape index (κ1) is 14.8. The van der Waals surface area contributed by atoms with E-state index in [0.717, 1.165) is 18.4 Å². The average Bonchev–Trinajstić information content (AvgIpc) is 2.34. The number of nitrogens with one attached hydrogen (secondary N) is 1. The zero-order chi connectivity index (χ0) is 13.5. The van der Waals surface area contributed by atoms with Crippen LogP contribution in [0.3, 0.4) is 0 Å². The predicted molar refractivity (Wildman–Crippen MR) is 73.8 cm³/mol. The minimum absolute atomic E-state index is 0.314. The van der Waals surface area contributed by atoms with Gasteiger partial charge in [0.05, 0.1) is 6.61 Å². The lowest BCUT2D eigenvalue weighted by atomic mass is 10.2. The number of hydrogen-bond donors (Lipinski definition) is 1. The van der Waals surface area contributed by atoms with Gasteiger partial charge in [-0.05, 0) is 31.0 Å². The van der Waals surface area contributed by atoms with Crippen LogP contribution in [-0.4, -0.2) is 24.7 Å². The smallest absolute Gasteiger partial charge is 0.306 e. The molecular weight excluding hydrogens is 252 g/mol. The summed E-state index contributed by atoms with van der Waals surface area (Å²) >= 11 is 5.98. The SMILES string of the molecule is CCCCON(C)C(=O)Nc1ccc(C)c(Cl)c1. The zero-order valence-electron chi connectivity index (χ0n) is 11.0. The van der Waals surface area contributed by atoms with Gasteiger partial charge in [-0.1, -0.05) is 31.0 Å². The van der Waals surface area contributed by atoms with Crippen LogP contribution in [0.25, 0.3) is 0 Å². The summed E-state index contributed by atoms with van der Waals surface area (Å²) in [7, 11) is 1.58. The molecule has 4 nitrogen and oxygen atoms in total. The van der Waals surface area contributed by atoms with Crippen LogP contribution in [0.1, 0.15) is 25.3 Å². The van der Waals surface area contributed by atoms with Crippen molar-refractivity contribution in [3.63, 3.8) is 0 Å². The van der Waals surface area contributed by atoms with Crippen LogP contribution in [0.15, 0.2) is 18.2 Å². The molecule has 0 aromatic heterocycles. The van der Waals surface area contributed by atoms with E-state index in [1.54, 1.807) is 19.2 Å². The van der Waals surface area contributed by atoms with Gasteiger partial charge in [0.25, 0.3) is 0 Å². The maximum Gasteiger partial charge on any atom is 0.345 e. The molecule has 1 rings (SSSR count). The second-order valence-corrected chi connectivity index (χ2v) is 4.49. The monoisotopic (exact) mass is 270 g/mol. The van der Waals surface area contributed by atoms with Gasteiger partial charge in [0.1, 0.15) is 0 Å². The second-order valence-electron chi connectivity index (χ2n) is 4.08. The fraction of sp³-hybridized carbons (Fsp3) is 0.462. The van der Waals surface area contributed by atoms with Crippen LogP contribution in [0.2, 0.25) is 5.02 Å². The number of amides is 2. The van der Waals surface area contributed by atoms with Crippen molar-refractivity contribution in [1.82, 2.24) is 5.06 Å². The third-order valence-corrected chi connectivity index (χ3v) is 2.90. The van der Waals surface area contributed by atoms with Crippen LogP contribution in [0.4, 0.5) is 10.5 Å². The quantitative estimate of drug-likeness (QED) is 0.652. The predicted octanol–water partition coefficient (Wildman–Crippen LogP) is 3.84. The Kier molecular flexibility index (Phi) is 5.95. The lowest BCUT2D eigenvalue weighted by Crippen LogP contribution is -2.31. The Morgan fingerprint density at radius 1 is 1.50 bits per heavy atom. The number of hydrogen-bond acceptors (Lipinski definition) is 2. The summed E-state index contributed by atoms with van der Waals surface area (Å²) in [6.45, 7) is 4.51. The summed E-state index contributed by atoms with van der Waals surface area (Å²) in [5.74, 6) is 0. The highest BCUT2D eigenvalue weighted by Crippen LogP contribution is 2.20. The van der Waals surface area contributed by atoms with Gasteiger partial charge in [0.2, 0.25) is 0 Å². The maximum absolute atomic E-state index is 11.7. The Bertz CT molecular complexity index is 410. The molecular formula is C13H19ClN2O2. The maximum atomic E-state index is 11.7. The summed E-state index contributed by atoms with van der Waals surface area (Å²) < 4.78 is 0. The van der Waals surface area contributed by atoms with Gasteiger partial charge in [-0.2, -0.15) is 0 Å². The van der Waals surface area contributed by atoms with Crippen molar-refractivity contribution < 1.29 is 9.63 Å². The highest BCUT2D eigenvalue weighted by molar-refractivity contribution is 6.31. The van der Waals surface area contributed by atoms with E-state index in [0.29, 0.717) is 17.3 Å². The minimum Gasteiger partial charge on any atom is -0.306 e. The van der Waals surface area contributed by atoms with Crippen LogP contribution < -0.4 is 5.32 Å². The Morgan fingerprint density at radius 3 is 2.83 bits per heavy atom. The largest absolute Gasteiger partial charge is 0.345 e. The normalized spacial score (nSPS) is 10.2. The molecule has 1 aromatic rings. The number of urea groups is 1. The van der Waals surface area contributed by atoms with Crippen molar-refractivity contribution in [2.75, 3.05) is 19.0 Å². The number of carbonyl (C=O) groups is 1. The van der Waals surface area contributed by atoms with Gasteiger partial charge in [0.15, 0.2) is 0 Å². The fourth-order valence-corrected chi connectivity index (χ4v) is 1.46. The molecule has 5 heteroatoms. The van der Waals surface area contributed by atoms with E-state index >= 15 is 0 Å². The third kappa shape index (κ3) is 4.55. The number of unbranched alkanes of at least 4 members (excludes halogenated alkanes) is 1. The number of aryl methyl sites for hydroxylation is 1. The van der Waals surface area contributed by atoms with E-state index in [1.165, 1.54) is 5.06 Å². The summed E-state index contributed by atoms with van der Waals surface area (Å²) in [6, 6.07) is 5.06. The third-order valence-electron chi connectivity index (χ3n) is 2.49. The van der Waals surface area contributed by atoms with Crippen molar-refractivity contribution >= 4 is 23.3 Å². The fourth-order valence-electron chi connectivity index (χ4n) is 1.28. The molecule has 0 radical (unpaired) electrons. The summed E-state index contributed by atoms with van der Waals surface area (Å²) in [6.07, 6.45) is 1.96. The van der Waals surface area contributed by atoms with Crippen LogP contribution in [-0.2, 0) is 4.84 Å². The molecule has 0 saturated carbocycles. The number of anilines is 1. The highest BCUT2D eigenvalue weighted by Gasteiger charge is 2.09. The van der Waals surface area contributed by atoms with E-state index in [1.807, 2.05) is 13.0 Å². The van der Waals surface area contributed by atoms with Gasteiger partial charge >= 0.3 is 6.03 Å². The molecule has 2 amide bonds. The molecule has 1 N–H and O–H groups in total.